The normalized spacial score (nSPS) is 16.4. The van der Waals surface area contributed by atoms with Crippen molar-refractivity contribution in [1.82, 2.24) is 14.9 Å². The molecule has 1 amide bonds. The van der Waals surface area contributed by atoms with Gasteiger partial charge in [0.05, 0.1) is 11.2 Å². The number of fused-ring (bicyclic) bond motifs is 4. The molecular weight excluding hydrogens is 376 g/mol. The molecule has 1 spiro atoms. The number of carbonyl (C=O) groups excluding carboxylic acids is 1. The summed E-state index contributed by atoms with van der Waals surface area (Å²) in [5.74, 6) is 0.856. The number of aliphatic hydroxyl groups excluding tert-OH is 1. The van der Waals surface area contributed by atoms with E-state index in [0.717, 1.165) is 59.4 Å². The van der Waals surface area contributed by atoms with Gasteiger partial charge in [-0.3, -0.25) is 4.79 Å². The van der Waals surface area contributed by atoms with Crippen LogP contribution in [0.25, 0.3) is 11.0 Å². The van der Waals surface area contributed by atoms with Crippen molar-refractivity contribution in [2.45, 2.75) is 44.6 Å². The summed E-state index contributed by atoms with van der Waals surface area (Å²) in [4.78, 5) is 17.8. The number of aromatic nitrogens is 2. The van der Waals surface area contributed by atoms with Gasteiger partial charge >= 0.3 is 0 Å². The molecular formula is C24H28N4O2. The molecule has 2 aliphatic rings. The van der Waals surface area contributed by atoms with Crippen molar-refractivity contribution in [2.24, 2.45) is 7.05 Å². The Morgan fingerprint density at radius 3 is 2.73 bits per heavy atom. The van der Waals surface area contributed by atoms with E-state index in [9.17, 15) is 4.79 Å². The van der Waals surface area contributed by atoms with Gasteiger partial charge in [-0.15, -0.1) is 0 Å². The van der Waals surface area contributed by atoms with Crippen molar-refractivity contribution >= 4 is 22.6 Å². The number of benzene rings is 2. The molecule has 2 heterocycles. The van der Waals surface area contributed by atoms with Gasteiger partial charge in [-0.1, -0.05) is 24.3 Å². The lowest BCUT2D eigenvalue weighted by Gasteiger charge is -2.38. The van der Waals surface area contributed by atoms with Crippen LogP contribution in [0.4, 0.5) is 5.69 Å². The molecule has 2 aromatic carbocycles. The molecule has 0 atom stereocenters. The van der Waals surface area contributed by atoms with Gasteiger partial charge in [-0.05, 0) is 61.8 Å². The van der Waals surface area contributed by atoms with E-state index in [0.29, 0.717) is 13.0 Å². The monoisotopic (exact) mass is 404 g/mol. The zero-order chi connectivity index (χ0) is 20.9. The maximum absolute atomic E-state index is 13.0. The minimum Gasteiger partial charge on any atom is -0.396 e. The summed E-state index contributed by atoms with van der Waals surface area (Å²) < 4.78 is 2.05. The highest BCUT2D eigenvalue weighted by Crippen LogP contribution is 2.44. The molecule has 6 heteroatoms. The second-order valence-corrected chi connectivity index (χ2v) is 8.72. The largest absolute Gasteiger partial charge is 0.396 e. The van der Waals surface area contributed by atoms with Crippen LogP contribution in [-0.4, -0.2) is 39.3 Å². The van der Waals surface area contributed by atoms with Crippen LogP contribution < -0.4 is 10.6 Å². The molecule has 30 heavy (non-hydrogen) atoms. The van der Waals surface area contributed by atoms with E-state index in [1.165, 1.54) is 11.1 Å². The van der Waals surface area contributed by atoms with Crippen molar-refractivity contribution in [3.8, 4) is 0 Å². The summed E-state index contributed by atoms with van der Waals surface area (Å²) in [5.41, 5.74) is 7.54. The number of hydrogen-bond donors (Lipinski definition) is 3. The highest BCUT2D eigenvalue weighted by Gasteiger charge is 2.41. The van der Waals surface area contributed by atoms with Gasteiger partial charge in [0.25, 0.3) is 5.91 Å². The summed E-state index contributed by atoms with van der Waals surface area (Å²) in [7, 11) is 1.99. The molecule has 0 saturated heterocycles. The minimum absolute atomic E-state index is 0.0129. The van der Waals surface area contributed by atoms with E-state index >= 15 is 0 Å². The number of imidazole rings is 1. The zero-order valence-electron chi connectivity index (χ0n) is 17.6. The first-order valence-corrected chi connectivity index (χ1v) is 10.7. The average Bonchev–Trinajstić information content (AvgIpc) is 3.24. The van der Waals surface area contributed by atoms with E-state index in [-0.39, 0.29) is 18.1 Å². The van der Waals surface area contributed by atoms with Crippen LogP contribution in [0.2, 0.25) is 0 Å². The predicted molar refractivity (Wildman–Crippen MR) is 118 cm³/mol. The molecule has 1 aliphatic heterocycles. The van der Waals surface area contributed by atoms with Crippen LogP contribution >= 0.6 is 0 Å². The summed E-state index contributed by atoms with van der Waals surface area (Å²) in [5, 5.41) is 15.9. The fourth-order valence-corrected chi connectivity index (χ4v) is 5.10. The molecule has 156 valence electrons. The second-order valence-electron chi connectivity index (χ2n) is 8.72. The molecule has 0 saturated carbocycles. The molecule has 0 fully saturated rings. The van der Waals surface area contributed by atoms with Crippen LogP contribution in [0.15, 0.2) is 30.3 Å². The smallest absolute Gasteiger partial charge is 0.251 e. The number of anilines is 1. The van der Waals surface area contributed by atoms with E-state index in [1.54, 1.807) is 0 Å². The zero-order valence-corrected chi connectivity index (χ0v) is 17.6. The van der Waals surface area contributed by atoms with Gasteiger partial charge in [0.1, 0.15) is 11.3 Å². The third-order valence-corrected chi connectivity index (χ3v) is 6.79. The van der Waals surface area contributed by atoms with Crippen LogP contribution in [0.5, 0.6) is 0 Å². The molecule has 5 rings (SSSR count). The van der Waals surface area contributed by atoms with Crippen molar-refractivity contribution in [3.63, 3.8) is 0 Å². The highest BCUT2D eigenvalue weighted by atomic mass is 16.3. The summed E-state index contributed by atoms with van der Waals surface area (Å²) >= 11 is 0. The Bertz CT molecular complexity index is 1120. The summed E-state index contributed by atoms with van der Waals surface area (Å²) in [6, 6.07) is 10.7. The Labute approximate surface area is 176 Å². The molecule has 3 N–H and O–H groups in total. The number of carbonyl (C=O) groups is 1. The van der Waals surface area contributed by atoms with E-state index in [1.807, 2.05) is 24.6 Å². The van der Waals surface area contributed by atoms with E-state index < -0.39 is 0 Å². The van der Waals surface area contributed by atoms with E-state index in [2.05, 4.69) is 34.9 Å². The number of amides is 1. The standard InChI is InChI=1S/C24H28N4O2/c1-15-26-22-20(28(15)2)12-19(23(30)25-10-5-11-29)18-8-9-24(27-21(18)22)13-16-6-3-4-7-17(16)14-24/h3-4,6-7,12,27,29H,5,8-11,13-14H2,1-2H3,(H,25,30). The number of aryl methyl sites for hydroxylation is 2. The first-order valence-electron chi connectivity index (χ1n) is 10.7. The second kappa shape index (κ2) is 7.13. The average molecular weight is 405 g/mol. The van der Waals surface area contributed by atoms with Crippen LogP contribution in [0.1, 0.15) is 45.7 Å². The lowest BCUT2D eigenvalue weighted by atomic mass is 9.82. The molecule has 3 aromatic rings. The molecule has 0 unspecified atom stereocenters. The predicted octanol–water partition coefficient (Wildman–Crippen LogP) is 2.89. The highest BCUT2D eigenvalue weighted by molar-refractivity contribution is 6.04. The summed E-state index contributed by atoms with van der Waals surface area (Å²) in [6.45, 7) is 2.54. The Morgan fingerprint density at radius 1 is 1.30 bits per heavy atom. The fraction of sp³-hybridized carbons (Fsp3) is 0.417. The fourth-order valence-electron chi connectivity index (χ4n) is 5.10. The van der Waals surface area contributed by atoms with Crippen molar-refractivity contribution in [2.75, 3.05) is 18.5 Å². The Balaban J connectivity index is 1.58. The first kappa shape index (κ1) is 19.1. The first-order chi connectivity index (χ1) is 14.5. The van der Waals surface area contributed by atoms with Gasteiger partial charge < -0.3 is 20.3 Å². The number of nitrogens with one attached hydrogen (secondary N) is 2. The lowest BCUT2D eigenvalue weighted by Crippen LogP contribution is -2.43. The number of rotatable bonds is 4. The SMILES string of the molecule is Cc1nc2c3c(c(C(=O)NCCCO)cc2n1C)CCC1(Cc2ccccc2C1)N3. The van der Waals surface area contributed by atoms with Gasteiger partial charge in [-0.25, -0.2) is 4.98 Å². The van der Waals surface area contributed by atoms with Gasteiger partial charge in [-0.2, -0.15) is 0 Å². The maximum Gasteiger partial charge on any atom is 0.251 e. The maximum atomic E-state index is 13.0. The topological polar surface area (TPSA) is 79.2 Å². The molecule has 1 aromatic heterocycles. The minimum atomic E-state index is -0.0760. The van der Waals surface area contributed by atoms with Gasteiger partial charge in [0.2, 0.25) is 0 Å². The Hall–Kier alpha value is -2.86. The van der Waals surface area contributed by atoms with Crippen molar-refractivity contribution < 1.29 is 9.90 Å². The van der Waals surface area contributed by atoms with Crippen molar-refractivity contribution in [1.29, 1.82) is 0 Å². The van der Waals surface area contributed by atoms with E-state index in [4.69, 9.17) is 10.1 Å². The number of nitrogens with zero attached hydrogens (tertiary/aromatic N) is 2. The molecule has 0 bridgehead atoms. The van der Waals surface area contributed by atoms with Crippen molar-refractivity contribution in [3.05, 3.63) is 58.4 Å². The third kappa shape index (κ3) is 2.98. The van der Waals surface area contributed by atoms with Gasteiger partial charge in [0.15, 0.2) is 0 Å². The Morgan fingerprint density at radius 2 is 2.03 bits per heavy atom. The van der Waals surface area contributed by atoms with Crippen LogP contribution in [0.3, 0.4) is 0 Å². The molecule has 1 aliphatic carbocycles. The van der Waals surface area contributed by atoms with Crippen LogP contribution in [0, 0.1) is 6.92 Å². The lowest BCUT2D eigenvalue weighted by molar-refractivity contribution is 0.0950. The molecule has 6 nitrogen and oxygen atoms in total. The Kier molecular flexibility index (Phi) is 4.54. The van der Waals surface area contributed by atoms with Crippen LogP contribution in [-0.2, 0) is 26.3 Å². The van der Waals surface area contributed by atoms with Gasteiger partial charge in [0, 0.05) is 31.3 Å². The summed E-state index contributed by atoms with van der Waals surface area (Å²) in [6.07, 6.45) is 4.40. The third-order valence-electron chi connectivity index (χ3n) is 6.79. The number of hydrogen-bond acceptors (Lipinski definition) is 4. The molecule has 0 radical (unpaired) electrons. The number of aliphatic hydroxyl groups is 1. The quantitative estimate of drug-likeness (QED) is 0.584.